The van der Waals surface area contributed by atoms with Gasteiger partial charge in [0.1, 0.15) is 19.3 Å². The summed E-state index contributed by atoms with van der Waals surface area (Å²) in [6.07, 6.45) is 1.75. The summed E-state index contributed by atoms with van der Waals surface area (Å²) in [6, 6.07) is 17.4. The highest BCUT2D eigenvalue weighted by Crippen LogP contribution is 2.39. The average Bonchev–Trinajstić information content (AvgIpc) is 2.66. The van der Waals surface area contributed by atoms with Crippen molar-refractivity contribution in [1.82, 2.24) is 4.98 Å². The highest BCUT2D eigenvalue weighted by atomic mass is 35.5. The lowest BCUT2D eigenvalue weighted by Gasteiger charge is -2.19. The summed E-state index contributed by atoms with van der Waals surface area (Å²) in [5.74, 6) is 1.14. The minimum absolute atomic E-state index is 0.457. The van der Waals surface area contributed by atoms with Crippen LogP contribution in [0.15, 0.2) is 48.5 Å². The van der Waals surface area contributed by atoms with Gasteiger partial charge in [0.25, 0.3) is 0 Å². The van der Waals surface area contributed by atoms with Crippen LogP contribution in [0.3, 0.4) is 0 Å². The Morgan fingerprint density at radius 1 is 1.12 bits per heavy atom. The van der Waals surface area contributed by atoms with Gasteiger partial charge in [0.05, 0.1) is 21.8 Å². The maximum Gasteiger partial charge on any atom is 0.179 e. The van der Waals surface area contributed by atoms with Gasteiger partial charge in [-0.15, -0.1) is 0 Å². The van der Waals surface area contributed by atoms with Crippen LogP contribution >= 0.6 is 11.6 Å². The predicted molar refractivity (Wildman–Crippen MR) is 97.7 cm³/mol. The van der Waals surface area contributed by atoms with Crippen LogP contribution in [-0.4, -0.2) is 18.2 Å². The fourth-order valence-corrected chi connectivity index (χ4v) is 3.03. The molecule has 0 saturated carbocycles. The zero-order valence-corrected chi connectivity index (χ0v) is 14.0. The van der Waals surface area contributed by atoms with E-state index in [1.807, 2.05) is 42.5 Å². The molecule has 122 valence electrons. The second kappa shape index (κ2) is 6.46. The lowest BCUT2D eigenvalue weighted by atomic mass is 10.1. The Kier molecular flexibility index (Phi) is 4.01. The third kappa shape index (κ3) is 3.02. The summed E-state index contributed by atoms with van der Waals surface area (Å²) in [4.78, 5) is 4.57. The van der Waals surface area contributed by atoms with Gasteiger partial charge >= 0.3 is 0 Å². The van der Waals surface area contributed by atoms with Crippen LogP contribution in [0.1, 0.15) is 11.3 Å². The monoisotopic (exact) mass is 348 g/mol. The van der Waals surface area contributed by atoms with Crippen molar-refractivity contribution >= 4 is 34.2 Å². The molecule has 2 aromatic carbocycles. The smallest absolute Gasteiger partial charge is 0.179 e. The second-order valence-corrected chi connectivity index (χ2v) is 5.99. The van der Waals surface area contributed by atoms with Crippen LogP contribution < -0.4 is 9.47 Å². The summed E-state index contributed by atoms with van der Waals surface area (Å²) in [5.41, 5.74) is 2.69. The van der Waals surface area contributed by atoms with Gasteiger partial charge in [-0.1, -0.05) is 35.9 Å². The number of halogens is 1. The van der Waals surface area contributed by atoms with Crippen LogP contribution in [0, 0.1) is 11.3 Å². The number of nitrogens with zero attached hydrogens (tertiary/aromatic N) is 2. The van der Waals surface area contributed by atoms with Gasteiger partial charge in [0, 0.05) is 5.39 Å². The Hall–Kier alpha value is -3.03. The van der Waals surface area contributed by atoms with E-state index in [-0.39, 0.29) is 0 Å². The molecule has 0 aliphatic carbocycles. The van der Waals surface area contributed by atoms with E-state index in [9.17, 15) is 5.26 Å². The number of aromatic nitrogens is 1. The fourth-order valence-electron chi connectivity index (χ4n) is 2.76. The molecule has 0 bridgehead atoms. The zero-order valence-electron chi connectivity index (χ0n) is 13.2. The number of hydrogen-bond acceptors (Lipinski definition) is 4. The molecular weight excluding hydrogens is 336 g/mol. The molecule has 4 nitrogen and oxygen atoms in total. The second-order valence-electron chi connectivity index (χ2n) is 5.59. The Morgan fingerprint density at radius 2 is 1.96 bits per heavy atom. The first-order chi connectivity index (χ1) is 12.2. The number of fused-ring (bicyclic) bond motifs is 2. The summed E-state index contributed by atoms with van der Waals surface area (Å²) >= 11 is 6.27. The number of benzene rings is 2. The molecule has 0 N–H and O–H groups in total. The van der Waals surface area contributed by atoms with Crippen molar-refractivity contribution in [3.05, 3.63) is 64.8 Å². The zero-order chi connectivity index (χ0) is 17.2. The van der Waals surface area contributed by atoms with E-state index in [4.69, 9.17) is 21.1 Å². The van der Waals surface area contributed by atoms with E-state index in [2.05, 4.69) is 11.1 Å². The Balaban J connectivity index is 1.77. The third-order valence-corrected chi connectivity index (χ3v) is 4.21. The molecule has 0 radical (unpaired) electrons. The topological polar surface area (TPSA) is 55.1 Å². The van der Waals surface area contributed by atoms with Crippen LogP contribution in [0.5, 0.6) is 11.5 Å². The lowest BCUT2D eigenvalue weighted by Crippen LogP contribution is -2.15. The van der Waals surface area contributed by atoms with Crippen molar-refractivity contribution in [3.8, 4) is 17.6 Å². The van der Waals surface area contributed by atoms with Crippen molar-refractivity contribution in [2.45, 2.75) is 0 Å². The van der Waals surface area contributed by atoms with Crippen molar-refractivity contribution in [1.29, 1.82) is 5.26 Å². The molecule has 1 aliphatic rings. The van der Waals surface area contributed by atoms with Crippen LogP contribution in [0.2, 0.25) is 5.02 Å². The highest BCUT2D eigenvalue weighted by Gasteiger charge is 2.16. The van der Waals surface area contributed by atoms with Gasteiger partial charge in [-0.3, -0.25) is 0 Å². The first-order valence-corrected chi connectivity index (χ1v) is 8.19. The van der Waals surface area contributed by atoms with Gasteiger partial charge in [-0.05, 0) is 35.9 Å². The maximum atomic E-state index is 9.57. The van der Waals surface area contributed by atoms with Gasteiger partial charge in [0.15, 0.2) is 11.5 Å². The largest absolute Gasteiger partial charge is 0.486 e. The van der Waals surface area contributed by atoms with Crippen LogP contribution in [0.25, 0.3) is 22.6 Å². The quantitative estimate of drug-likeness (QED) is 0.628. The van der Waals surface area contributed by atoms with E-state index in [0.29, 0.717) is 41.0 Å². The lowest BCUT2D eigenvalue weighted by molar-refractivity contribution is 0.171. The van der Waals surface area contributed by atoms with Gasteiger partial charge in [0.2, 0.25) is 0 Å². The molecule has 25 heavy (non-hydrogen) atoms. The van der Waals surface area contributed by atoms with E-state index < -0.39 is 0 Å². The van der Waals surface area contributed by atoms with Crippen LogP contribution in [0.4, 0.5) is 0 Å². The highest BCUT2D eigenvalue weighted by molar-refractivity contribution is 6.32. The average molecular weight is 349 g/mol. The van der Waals surface area contributed by atoms with Crippen LogP contribution in [-0.2, 0) is 0 Å². The molecule has 2 heterocycles. The van der Waals surface area contributed by atoms with Crippen molar-refractivity contribution in [2.24, 2.45) is 0 Å². The molecular formula is C20H13ClN2O2. The minimum atomic E-state index is 0.457. The maximum absolute atomic E-state index is 9.57. The van der Waals surface area contributed by atoms with Gasteiger partial charge in [-0.25, -0.2) is 4.98 Å². The number of pyridine rings is 1. The molecule has 1 aromatic heterocycles. The summed E-state index contributed by atoms with van der Waals surface area (Å²) in [6.45, 7) is 0.959. The SMILES string of the molecule is N#C/C(=C/c1cc(Cl)c2c(c1)OCCO2)c1ccc2ccccc2n1. The molecule has 5 heteroatoms. The minimum Gasteiger partial charge on any atom is -0.486 e. The van der Waals surface area contributed by atoms with Crippen molar-refractivity contribution in [3.63, 3.8) is 0 Å². The molecule has 0 spiro atoms. The molecule has 0 amide bonds. The number of nitriles is 1. The van der Waals surface area contributed by atoms with Crippen molar-refractivity contribution < 1.29 is 9.47 Å². The number of hydrogen-bond donors (Lipinski definition) is 0. The molecule has 0 saturated heterocycles. The van der Waals surface area contributed by atoms with E-state index >= 15 is 0 Å². The number of allylic oxidation sites excluding steroid dienone is 1. The van der Waals surface area contributed by atoms with Gasteiger partial charge < -0.3 is 9.47 Å². The Morgan fingerprint density at radius 3 is 2.84 bits per heavy atom. The van der Waals surface area contributed by atoms with Gasteiger partial charge in [-0.2, -0.15) is 5.26 Å². The first-order valence-electron chi connectivity index (χ1n) is 7.82. The first kappa shape index (κ1) is 15.5. The third-order valence-electron chi connectivity index (χ3n) is 3.92. The standard InChI is InChI=1S/C20H13ClN2O2/c21-16-10-13(11-19-20(16)25-8-7-24-19)9-15(12-22)18-6-5-14-3-1-2-4-17(14)23-18/h1-6,9-11H,7-8H2/b15-9-. The summed E-state index contributed by atoms with van der Waals surface area (Å²) < 4.78 is 11.1. The summed E-state index contributed by atoms with van der Waals surface area (Å²) in [5, 5.41) is 11.1. The molecule has 0 atom stereocenters. The van der Waals surface area contributed by atoms with E-state index in [1.165, 1.54) is 0 Å². The molecule has 3 aromatic rings. The summed E-state index contributed by atoms with van der Waals surface area (Å²) in [7, 11) is 0. The van der Waals surface area contributed by atoms with Crippen molar-refractivity contribution in [2.75, 3.05) is 13.2 Å². The van der Waals surface area contributed by atoms with E-state index in [0.717, 1.165) is 16.5 Å². The Labute approximate surface area is 149 Å². The Bertz CT molecular complexity index is 1040. The number of rotatable bonds is 2. The number of para-hydroxylation sites is 1. The predicted octanol–water partition coefficient (Wildman–Crippen LogP) is 4.72. The molecule has 0 fully saturated rings. The molecule has 4 rings (SSSR count). The molecule has 1 aliphatic heterocycles. The molecule has 0 unspecified atom stereocenters. The normalized spacial score (nSPS) is 13.5. The van der Waals surface area contributed by atoms with E-state index in [1.54, 1.807) is 12.1 Å². The fraction of sp³-hybridized carbons (Fsp3) is 0.100. The number of ether oxygens (including phenoxy) is 2.